The molecule has 0 aliphatic heterocycles. The Hall–Kier alpha value is -4.19. The van der Waals surface area contributed by atoms with Crippen molar-refractivity contribution in [2.45, 2.75) is 27.4 Å². The Labute approximate surface area is 198 Å². The van der Waals surface area contributed by atoms with Gasteiger partial charge in [-0.3, -0.25) is 4.79 Å². The average molecular weight is 455 g/mol. The summed E-state index contributed by atoms with van der Waals surface area (Å²) >= 11 is 0. The molecule has 4 rings (SSSR count). The van der Waals surface area contributed by atoms with Crippen molar-refractivity contribution < 1.29 is 14.3 Å². The highest BCUT2D eigenvalue weighted by Crippen LogP contribution is 2.30. The van der Waals surface area contributed by atoms with Crippen LogP contribution in [0.1, 0.15) is 34.1 Å². The maximum atomic E-state index is 13.0. The molecule has 0 bridgehead atoms. The second-order valence-corrected chi connectivity index (χ2v) is 7.95. The molecule has 0 radical (unpaired) electrons. The predicted molar refractivity (Wildman–Crippen MR) is 131 cm³/mol. The number of nitrogens with zero attached hydrogens (tertiary/aromatic N) is 2. The van der Waals surface area contributed by atoms with Crippen molar-refractivity contribution >= 4 is 5.97 Å². The monoisotopic (exact) mass is 454 g/mol. The summed E-state index contributed by atoms with van der Waals surface area (Å²) in [5.41, 5.74) is 4.89. The number of esters is 1. The molecule has 0 fully saturated rings. The molecule has 0 amide bonds. The van der Waals surface area contributed by atoms with Crippen LogP contribution in [0.4, 0.5) is 0 Å². The Morgan fingerprint density at radius 1 is 0.941 bits per heavy atom. The quantitative estimate of drug-likeness (QED) is 0.356. The van der Waals surface area contributed by atoms with Crippen molar-refractivity contribution in [2.24, 2.45) is 0 Å². The van der Waals surface area contributed by atoms with E-state index in [1.54, 1.807) is 6.92 Å². The third kappa shape index (κ3) is 4.91. The Morgan fingerprint density at radius 3 is 2.44 bits per heavy atom. The van der Waals surface area contributed by atoms with Crippen molar-refractivity contribution in [3.8, 4) is 22.6 Å². The van der Waals surface area contributed by atoms with E-state index in [2.05, 4.69) is 23.3 Å². The van der Waals surface area contributed by atoms with E-state index in [4.69, 9.17) is 9.47 Å². The lowest BCUT2D eigenvalue weighted by molar-refractivity contribution is 0.0514. The molecular weight excluding hydrogens is 428 g/mol. The molecule has 0 saturated heterocycles. The van der Waals surface area contributed by atoms with Crippen LogP contribution in [0, 0.1) is 13.8 Å². The molecule has 0 N–H and O–H groups in total. The first kappa shape index (κ1) is 23.0. The molecule has 6 heteroatoms. The Kier molecular flexibility index (Phi) is 6.87. The van der Waals surface area contributed by atoms with E-state index >= 15 is 0 Å². The third-order valence-corrected chi connectivity index (χ3v) is 5.43. The van der Waals surface area contributed by atoms with Crippen LogP contribution in [0.15, 0.2) is 83.8 Å². The summed E-state index contributed by atoms with van der Waals surface area (Å²) in [6.07, 6.45) is 1.53. The summed E-state index contributed by atoms with van der Waals surface area (Å²) in [5.74, 6) is -0.756. The minimum atomic E-state index is -0.782. The van der Waals surface area contributed by atoms with Gasteiger partial charge in [-0.1, -0.05) is 72.3 Å². The summed E-state index contributed by atoms with van der Waals surface area (Å²) in [4.78, 5) is 25.6. The number of carbonyl (C=O) groups excluding carboxylic acids is 1. The van der Waals surface area contributed by atoms with Gasteiger partial charge in [0.1, 0.15) is 6.61 Å². The van der Waals surface area contributed by atoms with Crippen LogP contribution < -0.4 is 10.2 Å². The first-order valence-electron chi connectivity index (χ1n) is 11.1. The van der Waals surface area contributed by atoms with Crippen LogP contribution in [-0.4, -0.2) is 22.4 Å². The molecule has 0 aliphatic rings. The molecule has 0 atom stereocenters. The molecule has 1 heterocycles. The highest BCUT2D eigenvalue weighted by molar-refractivity contribution is 5.87. The van der Waals surface area contributed by atoms with Crippen LogP contribution in [0.3, 0.4) is 0 Å². The van der Waals surface area contributed by atoms with E-state index in [-0.39, 0.29) is 24.7 Å². The number of ether oxygens (including phenoxy) is 2. The minimum absolute atomic E-state index is 0.0256. The van der Waals surface area contributed by atoms with Gasteiger partial charge in [-0.05, 0) is 43.5 Å². The highest BCUT2D eigenvalue weighted by atomic mass is 16.5. The fourth-order valence-corrected chi connectivity index (χ4v) is 3.69. The highest BCUT2D eigenvalue weighted by Gasteiger charge is 2.21. The summed E-state index contributed by atoms with van der Waals surface area (Å²) in [6, 6.07) is 23.5. The van der Waals surface area contributed by atoms with Gasteiger partial charge >= 0.3 is 5.97 Å². The number of rotatable bonds is 7. The minimum Gasteiger partial charge on any atom is -0.483 e. The van der Waals surface area contributed by atoms with E-state index in [1.807, 2.05) is 68.4 Å². The summed E-state index contributed by atoms with van der Waals surface area (Å²) in [5, 5.41) is 4.36. The molecular formula is C28H26N2O4. The maximum absolute atomic E-state index is 13.0. The smallest absolute Gasteiger partial charge is 0.363 e. The number of para-hydroxylation sites is 1. The van der Waals surface area contributed by atoms with Gasteiger partial charge in [-0.25, -0.2) is 9.48 Å². The second kappa shape index (κ2) is 10.2. The molecule has 1 aromatic heterocycles. The number of hydrogen-bond acceptors (Lipinski definition) is 5. The third-order valence-electron chi connectivity index (χ3n) is 5.43. The van der Waals surface area contributed by atoms with Crippen LogP contribution in [0.2, 0.25) is 0 Å². The van der Waals surface area contributed by atoms with Crippen LogP contribution >= 0.6 is 0 Å². The van der Waals surface area contributed by atoms with E-state index in [0.29, 0.717) is 5.69 Å². The normalized spacial score (nSPS) is 10.7. The topological polar surface area (TPSA) is 70.4 Å². The van der Waals surface area contributed by atoms with Crippen molar-refractivity contribution in [3.63, 3.8) is 0 Å². The van der Waals surface area contributed by atoms with Gasteiger partial charge in [0.05, 0.1) is 18.5 Å². The van der Waals surface area contributed by atoms with E-state index < -0.39 is 11.4 Å². The zero-order valence-electron chi connectivity index (χ0n) is 19.4. The van der Waals surface area contributed by atoms with Crippen LogP contribution in [0.5, 0.6) is 5.75 Å². The number of carbonyl (C=O) groups is 1. The van der Waals surface area contributed by atoms with Crippen molar-refractivity contribution in [2.75, 3.05) is 6.61 Å². The molecule has 34 heavy (non-hydrogen) atoms. The molecule has 6 nitrogen and oxygen atoms in total. The lowest BCUT2D eigenvalue weighted by atomic mass is 9.97. The molecule has 0 saturated carbocycles. The van der Waals surface area contributed by atoms with Gasteiger partial charge in [0, 0.05) is 5.56 Å². The van der Waals surface area contributed by atoms with E-state index in [1.165, 1.54) is 10.9 Å². The van der Waals surface area contributed by atoms with Gasteiger partial charge in [0.2, 0.25) is 5.69 Å². The Balaban J connectivity index is 1.85. The molecule has 172 valence electrons. The number of hydrogen-bond donors (Lipinski definition) is 0. The predicted octanol–water partition coefficient (Wildman–Crippen LogP) is 5.27. The summed E-state index contributed by atoms with van der Waals surface area (Å²) < 4.78 is 12.5. The van der Waals surface area contributed by atoms with E-state index in [0.717, 1.165) is 27.8 Å². The molecule has 4 aromatic rings. The van der Waals surface area contributed by atoms with Crippen molar-refractivity contribution in [1.29, 1.82) is 0 Å². The number of aromatic nitrogens is 2. The van der Waals surface area contributed by atoms with Crippen LogP contribution in [-0.2, 0) is 11.3 Å². The first-order chi connectivity index (χ1) is 16.5. The standard InChI is InChI=1S/C28H26N2O4/c1-4-33-28(32)26-27(31)25(34-18-21-10-6-5-7-11-21)17-30(29-26)24-13-9-8-12-22(24)23-16-19(2)14-15-20(23)3/h5-17H,4,18H2,1-3H3. The molecule has 0 unspecified atom stereocenters. The van der Waals surface area contributed by atoms with Crippen molar-refractivity contribution in [1.82, 2.24) is 9.78 Å². The lowest BCUT2D eigenvalue weighted by Crippen LogP contribution is -2.25. The number of aryl methyl sites for hydroxylation is 2. The number of benzene rings is 3. The van der Waals surface area contributed by atoms with Gasteiger partial charge in [0.15, 0.2) is 5.75 Å². The average Bonchev–Trinajstić information content (AvgIpc) is 2.85. The SMILES string of the molecule is CCOC(=O)c1nn(-c2ccccc2-c2cc(C)ccc2C)cc(OCc2ccccc2)c1=O. The molecule has 0 spiro atoms. The van der Waals surface area contributed by atoms with Gasteiger partial charge in [-0.2, -0.15) is 5.10 Å². The zero-order valence-corrected chi connectivity index (χ0v) is 19.4. The largest absolute Gasteiger partial charge is 0.483 e. The van der Waals surface area contributed by atoms with Gasteiger partial charge in [0.25, 0.3) is 5.43 Å². The molecule has 0 aliphatic carbocycles. The van der Waals surface area contributed by atoms with E-state index in [9.17, 15) is 9.59 Å². The van der Waals surface area contributed by atoms with Crippen LogP contribution in [0.25, 0.3) is 16.8 Å². The Bertz CT molecular complexity index is 1380. The zero-order chi connectivity index (χ0) is 24.1. The summed E-state index contributed by atoms with van der Waals surface area (Å²) in [7, 11) is 0. The maximum Gasteiger partial charge on any atom is 0.363 e. The lowest BCUT2D eigenvalue weighted by Gasteiger charge is -2.16. The van der Waals surface area contributed by atoms with Crippen molar-refractivity contribution in [3.05, 3.63) is 112 Å². The summed E-state index contributed by atoms with van der Waals surface area (Å²) in [6.45, 7) is 6.08. The fraction of sp³-hybridized carbons (Fsp3) is 0.179. The van der Waals surface area contributed by atoms with Gasteiger partial charge in [-0.15, -0.1) is 0 Å². The van der Waals surface area contributed by atoms with Gasteiger partial charge < -0.3 is 9.47 Å². The molecule has 3 aromatic carbocycles. The Morgan fingerprint density at radius 2 is 1.68 bits per heavy atom. The second-order valence-electron chi connectivity index (χ2n) is 7.95. The fourth-order valence-electron chi connectivity index (χ4n) is 3.69. The first-order valence-corrected chi connectivity index (χ1v) is 11.1.